The van der Waals surface area contributed by atoms with E-state index in [1.54, 1.807) is 0 Å². The first-order valence-corrected chi connectivity index (χ1v) is 5.49. The molecular formula is C11H21NO. The molecule has 2 nitrogen and oxygen atoms in total. The van der Waals surface area contributed by atoms with Gasteiger partial charge in [0.2, 0.25) is 5.91 Å². The molecule has 1 amide bonds. The predicted molar refractivity (Wildman–Crippen MR) is 54.5 cm³/mol. The molecule has 1 aliphatic carbocycles. The van der Waals surface area contributed by atoms with Crippen molar-refractivity contribution in [2.45, 2.75) is 52.4 Å². The van der Waals surface area contributed by atoms with Crippen LogP contribution in [0.3, 0.4) is 0 Å². The van der Waals surface area contributed by atoms with E-state index in [1.807, 2.05) is 6.92 Å². The summed E-state index contributed by atoms with van der Waals surface area (Å²) in [6.45, 7) is 5.17. The lowest BCUT2D eigenvalue weighted by atomic mass is 10.0. The first-order chi connectivity index (χ1) is 6.22. The molecule has 0 bridgehead atoms. The molecule has 0 saturated heterocycles. The highest BCUT2D eigenvalue weighted by Gasteiger charge is 2.41. The molecule has 1 aliphatic rings. The standard InChI is InChI=1S/C11H21NO/c1-3-5-10(13)12-9-11(6-4-2)7-8-11/h3-9H2,1-2H3,(H,12,13). The summed E-state index contributed by atoms with van der Waals surface area (Å²) in [6, 6.07) is 0. The van der Waals surface area contributed by atoms with Gasteiger partial charge >= 0.3 is 0 Å². The highest BCUT2D eigenvalue weighted by atomic mass is 16.1. The van der Waals surface area contributed by atoms with Gasteiger partial charge in [-0.15, -0.1) is 0 Å². The van der Waals surface area contributed by atoms with Gasteiger partial charge in [0.1, 0.15) is 0 Å². The van der Waals surface area contributed by atoms with Crippen LogP contribution < -0.4 is 5.32 Å². The Morgan fingerprint density at radius 1 is 1.31 bits per heavy atom. The van der Waals surface area contributed by atoms with Crippen molar-refractivity contribution in [3.63, 3.8) is 0 Å². The number of nitrogens with one attached hydrogen (secondary N) is 1. The molecule has 0 aromatic heterocycles. The minimum Gasteiger partial charge on any atom is -0.356 e. The van der Waals surface area contributed by atoms with Gasteiger partial charge in [0.15, 0.2) is 0 Å². The Hall–Kier alpha value is -0.530. The zero-order valence-electron chi connectivity index (χ0n) is 8.86. The molecule has 0 atom stereocenters. The summed E-state index contributed by atoms with van der Waals surface area (Å²) >= 11 is 0. The summed E-state index contributed by atoms with van der Waals surface area (Å²) < 4.78 is 0. The minimum absolute atomic E-state index is 0.227. The summed E-state index contributed by atoms with van der Waals surface area (Å²) in [4.78, 5) is 11.2. The monoisotopic (exact) mass is 183 g/mol. The Bertz CT molecular complexity index is 173. The first kappa shape index (κ1) is 10.6. The van der Waals surface area contributed by atoms with Gasteiger partial charge in [-0.3, -0.25) is 4.79 Å². The van der Waals surface area contributed by atoms with Crippen LogP contribution in [0.5, 0.6) is 0 Å². The number of hydrogen-bond donors (Lipinski definition) is 1. The van der Waals surface area contributed by atoms with Crippen molar-refractivity contribution in [2.24, 2.45) is 5.41 Å². The zero-order chi connectivity index (χ0) is 9.73. The van der Waals surface area contributed by atoms with Gasteiger partial charge in [-0.25, -0.2) is 0 Å². The SMILES string of the molecule is CCCC(=O)NCC1(CCC)CC1. The molecule has 1 fully saturated rings. The lowest BCUT2D eigenvalue weighted by Crippen LogP contribution is -2.29. The molecule has 0 aliphatic heterocycles. The lowest BCUT2D eigenvalue weighted by molar-refractivity contribution is -0.121. The fraction of sp³-hybridized carbons (Fsp3) is 0.909. The highest BCUT2D eigenvalue weighted by Crippen LogP contribution is 2.48. The van der Waals surface area contributed by atoms with Crippen LogP contribution in [0.25, 0.3) is 0 Å². The van der Waals surface area contributed by atoms with Crippen LogP contribution >= 0.6 is 0 Å². The van der Waals surface area contributed by atoms with E-state index in [2.05, 4.69) is 12.2 Å². The van der Waals surface area contributed by atoms with Gasteiger partial charge in [-0.1, -0.05) is 20.3 Å². The third-order valence-corrected chi connectivity index (χ3v) is 2.88. The van der Waals surface area contributed by atoms with E-state index in [0.717, 1.165) is 13.0 Å². The Kier molecular flexibility index (Phi) is 3.76. The molecule has 0 heterocycles. The minimum atomic E-state index is 0.227. The normalized spacial score (nSPS) is 18.3. The fourth-order valence-corrected chi connectivity index (χ4v) is 1.82. The molecule has 0 aromatic rings. The Morgan fingerprint density at radius 3 is 2.46 bits per heavy atom. The van der Waals surface area contributed by atoms with Gasteiger partial charge in [0, 0.05) is 13.0 Å². The molecule has 1 saturated carbocycles. The molecule has 0 radical (unpaired) electrons. The molecule has 2 heteroatoms. The van der Waals surface area contributed by atoms with Crippen molar-refractivity contribution < 1.29 is 4.79 Å². The molecule has 13 heavy (non-hydrogen) atoms. The number of carbonyl (C=O) groups is 1. The summed E-state index contributed by atoms with van der Waals surface area (Å²) in [7, 11) is 0. The average molecular weight is 183 g/mol. The summed E-state index contributed by atoms with van der Waals surface area (Å²) in [5.41, 5.74) is 0.498. The van der Waals surface area contributed by atoms with Crippen molar-refractivity contribution in [1.29, 1.82) is 0 Å². The van der Waals surface area contributed by atoms with Gasteiger partial charge in [-0.05, 0) is 31.1 Å². The fourth-order valence-electron chi connectivity index (χ4n) is 1.82. The van der Waals surface area contributed by atoms with Gasteiger partial charge in [0.25, 0.3) is 0 Å². The molecule has 0 aromatic carbocycles. The molecule has 0 spiro atoms. The molecule has 0 unspecified atom stereocenters. The average Bonchev–Trinajstić information content (AvgIpc) is 2.84. The smallest absolute Gasteiger partial charge is 0.220 e. The van der Waals surface area contributed by atoms with E-state index in [1.165, 1.54) is 25.7 Å². The van der Waals surface area contributed by atoms with Crippen LogP contribution in [-0.4, -0.2) is 12.5 Å². The van der Waals surface area contributed by atoms with Crippen LogP contribution in [0, 0.1) is 5.41 Å². The number of carbonyl (C=O) groups excluding carboxylic acids is 1. The summed E-state index contributed by atoms with van der Waals surface area (Å²) in [5.74, 6) is 0.227. The quantitative estimate of drug-likeness (QED) is 0.673. The number of amides is 1. The number of hydrogen-bond acceptors (Lipinski definition) is 1. The van der Waals surface area contributed by atoms with Gasteiger partial charge in [-0.2, -0.15) is 0 Å². The predicted octanol–water partition coefficient (Wildman–Crippen LogP) is 2.48. The maximum Gasteiger partial charge on any atom is 0.220 e. The second-order valence-electron chi connectivity index (χ2n) is 4.28. The maximum atomic E-state index is 11.2. The number of rotatable bonds is 6. The van der Waals surface area contributed by atoms with Crippen molar-refractivity contribution in [2.75, 3.05) is 6.54 Å². The Labute approximate surface area is 81.1 Å². The van der Waals surface area contributed by atoms with E-state index in [4.69, 9.17) is 0 Å². The lowest BCUT2D eigenvalue weighted by Gasteiger charge is -2.14. The molecule has 76 valence electrons. The summed E-state index contributed by atoms with van der Waals surface area (Å²) in [5, 5.41) is 3.03. The van der Waals surface area contributed by atoms with E-state index in [-0.39, 0.29) is 5.91 Å². The third kappa shape index (κ3) is 3.37. The second-order valence-corrected chi connectivity index (χ2v) is 4.28. The van der Waals surface area contributed by atoms with E-state index < -0.39 is 0 Å². The second kappa shape index (κ2) is 4.64. The molecule has 1 N–H and O–H groups in total. The van der Waals surface area contributed by atoms with E-state index >= 15 is 0 Å². The van der Waals surface area contributed by atoms with Crippen LogP contribution in [0.4, 0.5) is 0 Å². The van der Waals surface area contributed by atoms with Crippen molar-refractivity contribution >= 4 is 5.91 Å². The van der Waals surface area contributed by atoms with Crippen LogP contribution in [0.1, 0.15) is 52.4 Å². The van der Waals surface area contributed by atoms with Crippen LogP contribution in [-0.2, 0) is 4.79 Å². The van der Waals surface area contributed by atoms with Crippen LogP contribution in [0.15, 0.2) is 0 Å². The first-order valence-electron chi connectivity index (χ1n) is 5.49. The van der Waals surface area contributed by atoms with Crippen molar-refractivity contribution in [1.82, 2.24) is 5.32 Å². The highest BCUT2D eigenvalue weighted by molar-refractivity contribution is 5.75. The topological polar surface area (TPSA) is 29.1 Å². The van der Waals surface area contributed by atoms with E-state index in [0.29, 0.717) is 11.8 Å². The largest absolute Gasteiger partial charge is 0.356 e. The Balaban J connectivity index is 2.14. The molecular weight excluding hydrogens is 162 g/mol. The third-order valence-electron chi connectivity index (χ3n) is 2.88. The Morgan fingerprint density at radius 2 is 2.00 bits per heavy atom. The maximum absolute atomic E-state index is 11.2. The van der Waals surface area contributed by atoms with Gasteiger partial charge in [0.05, 0.1) is 0 Å². The van der Waals surface area contributed by atoms with Crippen molar-refractivity contribution in [3.8, 4) is 0 Å². The van der Waals surface area contributed by atoms with Crippen molar-refractivity contribution in [3.05, 3.63) is 0 Å². The van der Waals surface area contributed by atoms with E-state index in [9.17, 15) is 4.79 Å². The van der Waals surface area contributed by atoms with Crippen LogP contribution in [0.2, 0.25) is 0 Å². The van der Waals surface area contributed by atoms with Gasteiger partial charge < -0.3 is 5.32 Å². The zero-order valence-corrected chi connectivity index (χ0v) is 8.86. The molecule has 1 rings (SSSR count). The summed E-state index contributed by atoms with van der Waals surface area (Å²) in [6.07, 6.45) is 6.78.